The third kappa shape index (κ3) is 7.00. The van der Waals surface area contributed by atoms with Crippen LogP contribution in [0.5, 0.6) is 11.5 Å². The fraction of sp³-hybridized carbons (Fsp3) is 0.120. The predicted octanol–water partition coefficient (Wildman–Crippen LogP) is 7.28. The zero-order valence-electron chi connectivity index (χ0n) is 17.6. The van der Waals surface area contributed by atoms with Crippen molar-refractivity contribution in [3.05, 3.63) is 91.9 Å². The van der Waals surface area contributed by atoms with Crippen molar-refractivity contribution in [2.45, 2.75) is 13.5 Å². The van der Waals surface area contributed by atoms with Gasteiger partial charge in [-0.25, -0.2) is 0 Å². The van der Waals surface area contributed by atoms with E-state index in [1.165, 1.54) is 6.08 Å². The lowest BCUT2D eigenvalue weighted by molar-refractivity contribution is -0.112. The molecule has 0 saturated carbocycles. The van der Waals surface area contributed by atoms with Crippen molar-refractivity contribution in [2.75, 3.05) is 11.9 Å². The molecule has 0 aliphatic rings. The SMILES string of the molecule is CCOc1cc(/C=C(\C#N)C(=O)Nc2ccc(Cl)cc2)c(Br)cc1OCc1ccc(Cl)cc1. The number of nitrogens with one attached hydrogen (secondary N) is 1. The van der Waals surface area contributed by atoms with E-state index in [1.54, 1.807) is 48.5 Å². The summed E-state index contributed by atoms with van der Waals surface area (Å²) in [6.07, 6.45) is 1.49. The van der Waals surface area contributed by atoms with Crippen LogP contribution in [0.25, 0.3) is 6.08 Å². The first-order chi connectivity index (χ1) is 15.9. The summed E-state index contributed by atoms with van der Waals surface area (Å²) in [5.41, 5.74) is 2.01. The molecule has 0 fully saturated rings. The van der Waals surface area contributed by atoms with Gasteiger partial charge in [0, 0.05) is 20.2 Å². The summed E-state index contributed by atoms with van der Waals surface area (Å²) in [4.78, 5) is 12.6. The molecule has 0 spiro atoms. The Labute approximate surface area is 210 Å². The summed E-state index contributed by atoms with van der Waals surface area (Å²) in [6, 6.07) is 19.4. The Morgan fingerprint density at radius 2 is 1.64 bits per heavy atom. The van der Waals surface area contributed by atoms with E-state index in [4.69, 9.17) is 32.7 Å². The van der Waals surface area contributed by atoms with Crippen molar-refractivity contribution in [2.24, 2.45) is 0 Å². The maximum absolute atomic E-state index is 12.6. The summed E-state index contributed by atoms with van der Waals surface area (Å²) < 4.78 is 12.3. The van der Waals surface area contributed by atoms with E-state index < -0.39 is 5.91 Å². The van der Waals surface area contributed by atoms with Gasteiger partial charge in [0.15, 0.2) is 11.5 Å². The van der Waals surface area contributed by atoms with Gasteiger partial charge in [-0.3, -0.25) is 4.79 Å². The van der Waals surface area contributed by atoms with Crippen LogP contribution in [0.1, 0.15) is 18.1 Å². The van der Waals surface area contributed by atoms with Crippen molar-refractivity contribution in [3.8, 4) is 17.6 Å². The van der Waals surface area contributed by atoms with Gasteiger partial charge in [-0.05, 0) is 72.7 Å². The summed E-state index contributed by atoms with van der Waals surface area (Å²) in [6.45, 7) is 2.61. The van der Waals surface area contributed by atoms with E-state index in [-0.39, 0.29) is 5.57 Å². The maximum atomic E-state index is 12.6. The first-order valence-electron chi connectivity index (χ1n) is 9.92. The minimum Gasteiger partial charge on any atom is -0.490 e. The molecule has 1 N–H and O–H groups in total. The van der Waals surface area contributed by atoms with Gasteiger partial charge in [0.05, 0.1) is 6.61 Å². The number of nitrogens with zero attached hydrogens (tertiary/aromatic N) is 1. The highest BCUT2D eigenvalue weighted by atomic mass is 79.9. The van der Waals surface area contributed by atoms with Crippen molar-refractivity contribution in [3.63, 3.8) is 0 Å². The molecule has 0 aromatic heterocycles. The van der Waals surface area contributed by atoms with Gasteiger partial charge < -0.3 is 14.8 Å². The number of amides is 1. The number of carbonyl (C=O) groups excluding carboxylic acids is 1. The van der Waals surface area contributed by atoms with Gasteiger partial charge in [-0.15, -0.1) is 0 Å². The zero-order valence-corrected chi connectivity index (χ0v) is 20.7. The number of hydrogen-bond acceptors (Lipinski definition) is 4. The fourth-order valence-corrected chi connectivity index (χ4v) is 3.51. The van der Waals surface area contributed by atoms with E-state index in [2.05, 4.69) is 21.2 Å². The van der Waals surface area contributed by atoms with Crippen LogP contribution in [0.4, 0.5) is 5.69 Å². The van der Waals surface area contributed by atoms with Gasteiger partial charge in [-0.2, -0.15) is 5.26 Å². The third-order valence-electron chi connectivity index (χ3n) is 4.44. The highest BCUT2D eigenvalue weighted by Crippen LogP contribution is 2.35. The lowest BCUT2D eigenvalue weighted by Crippen LogP contribution is -2.13. The Morgan fingerprint density at radius 1 is 1.03 bits per heavy atom. The molecule has 8 heteroatoms. The number of rotatable bonds is 8. The first kappa shape index (κ1) is 24.7. The first-order valence-corrected chi connectivity index (χ1v) is 11.5. The summed E-state index contributed by atoms with van der Waals surface area (Å²) in [5, 5.41) is 13.4. The maximum Gasteiger partial charge on any atom is 0.266 e. The number of benzene rings is 3. The molecule has 0 aliphatic heterocycles. The molecule has 1 amide bonds. The topological polar surface area (TPSA) is 71.3 Å². The van der Waals surface area contributed by atoms with Gasteiger partial charge >= 0.3 is 0 Å². The minimum absolute atomic E-state index is 0.0667. The van der Waals surface area contributed by atoms with E-state index in [1.807, 2.05) is 25.1 Å². The highest BCUT2D eigenvalue weighted by molar-refractivity contribution is 9.10. The third-order valence-corrected chi connectivity index (χ3v) is 5.63. The van der Waals surface area contributed by atoms with Gasteiger partial charge in [-0.1, -0.05) is 51.3 Å². The second-order valence-electron chi connectivity index (χ2n) is 6.80. The quantitative estimate of drug-likeness (QED) is 0.238. The van der Waals surface area contributed by atoms with Crippen LogP contribution in [-0.4, -0.2) is 12.5 Å². The molecule has 0 radical (unpaired) electrons. The minimum atomic E-state index is -0.534. The van der Waals surface area contributed by atoms with E-state index in [0.717, 1.165) is 5.56 Å². The lowest BCUT2D eigenvalue weighted by Gasteiger charge is -2.14. The van der Waals surface area contributed by atoms with E-state index in [9.17, 15) is 10.1 Å². The van der Waals surface area contributed by atoms with E-state index in [0.29, 0.717) is 50.5 Å². The highest BCUT2D eigenvalue weighted by Gasteiger charge is 2.14. The Bertz CT molecular complexity index is 1200. The molecule has 0 saturated heterocycles. The molecule has 0 heterocycles. The van der Waals surface area contributed by atoms with Crippen molar-refractivity contribution in [1.82, 2.24) is 0 Å². The van der Waals surface area contributed by atoms with Crippen LogP contribution in [0.3, 0.4) is 0 Å². The van der Waals surface area contributed by atoms with Gasteiger partial charge in [0.2, 0.25) is 0 Å². The number of halogens is 3. The number of nitriles is 1. The molecule has 3 aromatic rings. The Morgan fingerprint density at radius 3 is 2.24 bits per heavy atom. The van der Waals surface area contributed by atoms with Crippen LogP contribution in [-0.2, 0) is 11.4 Å². The average molecular weight is 546 g/mol. The Balaban J connectivity index is 1.83. The number of anilines is 1. The Kier molecular flexibility index (Phi) is 8.79. The molecule has 3 aromatic carbocycles. The molecule has 0 unspecified atom stereocenters. The van der Waals surface area contributed by atoms with Crippen LogP contribution >= 0.6 is 39.1 Å². The standard InChI is InChI=1S/C25H19BrCl2N2O3/c1-2-32-23-12-17(11-18(14-29)25(31)30-21-9-7-20(28)8-10-21)22(26)13-24(23)33-15-16-3-5-19(27)6-4-16/h3-13H,2,15H2,1H3,(H,30,31)/b18-11+. The molecule has 168 valence electrons. The van der Waals surface area contributed by atoms with Crippen LogP contribution in [0, 0.1) is 11.3 Å². The van der Waals surface area contributed by atoms with Gasteiger partial charge in [0.25, 0.3) is 5.91 Å². The van der Waals surface area contributed by atoms with Crippen LogP contribution < -0.4 is 14.8 Å². The molecule has 0 aliphatic carbocycles. The van der Waals surface area contributed by atoms with Crippen LogP contribution in [0.15, 0.2) is 70.7 Å². The molecule has 5 nitrogen and oxygen atoms in total. The van der Waals surface area contributed by atoms with Crippen molar-refractivity contribution in [1.29, 1.82) is 5.26 Å². The molecular formula is C25H19BrCl2N2O3. The lowest BCUT2D eigenvalue weighted by atomic mass is 10.1. The molecule has 33 heavy (non-hydrogen) atoms. The number of ether oxygens (including phenoxy) is 2. The largest absolute Gasteiger partial charge is 0.490 e. The summed E-state index contributed by atoms with van der Waals surface area (Å²) >= 11 is 15.3. The molecule has 0 atom stereocenters. The van der Waals surface area contributed by atoms with Crippen molar-refractivity contribution >= 4 is 56.8 Å². The van der Waals surface area contributed by atoms with Gasteiger partial charge in [0.1, 0.15) is 18.2 Å². The van der Waals surface area contributed by atoms with Crippen molar-refractivity contribution < 1.29 is 14.3 Å². The Hall–Kier alpha value is -2.98. The zero-order chi connectivity index (χ0) is 23.8. The summed E-state index contributed by atoms with van der Waals surface area (Å²) in [7, 11) is 0. The molecular weight excluding hydrogens is 527 g/mol. The summed E-state index contributed by atoms with van der Waals surface area (Å²) in [5.74, 6) is 0.490. The number of carbonyl (C=O) groups is 1. The predicted molar refractivity (Wildman–Crippen MR) is 135 cm³/mol. The normalized spacial score (nSPS) is 10.9. The fourth-order valence-electron chi connectivity index (χ4n) is 2.82. The molecule has 0 bridgehead atoms. The number of hydrogen-bond donors (Lipinski definition) is 1. The van der Waals surface area contributed by atoms with E-state index >= 15 is 0 Å². The second kappa shape index (κ2) is 11.8. The monoisotopic (exact) mass is 544 g/mol. The van der Waals surface area contributed by atoms with Crippen LogP contribution in [0.2, 0.25) is 10.0 Å². The average Bonchev–Trinajstić information content (AvgIpc) is 2.80. The smallest absolute Gasteiger partial charge is 0.266 e. The molecule has 3 rings (SSSR count). The second-order valence-corrected chi connectivity index (χ2v) is 8.53.